The van der Waals surface area contributed by atoms with E-state index in [1.54, 1.807) is 49.5 Å². The van der Waals surface area contributed by atoms with Gasteiger partial charge in [0.05, 0.1) is 12.3 Å². The first-order chi connectivity index (χ1) is 24.0. The van der Waals surface area contributed by atoms with E-state index in [0.717, 1.165) is 25.7 Å². The van der Waals surface area contributed by atoms with Crippen LogP contribution in [0.3, 0.4) is 0 Å². The molecule has 50 heavy (non-hydrogen) atoms. The molecule has 0 amide bonds. The van der Waals surface area contributed by atoms with E-state index < -0.39 is 63.2 Å². The van der Waals surface area contributed by atoms with Gasteiger partial charge >= 0.3 is 19.5 Å². The Morgan fingerprint density at radius 1 is 1.18 bits per heavy atom. The fourth-order valence-electron chi connectivity index (χ4n) is 5.90. The van der Waals surface area contributed by atoms with Gasteiger partial charge in [0.25, 0.3) is 0 Å². The number of hydrogen-bond acceptors (Lipinski definition) is 13. The molecule has 1 saturated carbocycles. The molecule has 1 unspecified atom stereocenters. The van der Waals surface area contributed by atoms with Crippen molar-refractivity contribution < 1.29 is 47.8 Å². The van der Waals surface area contributed by atoms with E-state index in [-0.39, 0.29) is 35.5 Å². The first-order valence-electron chi connectivity index (χ1n) is 16.4. The monoisotopic (exact) mass is 733 g/mol. The summed E-state index contributed by atoms with van der Waals surface area (Å²) in [5.41, 5.74) is 1.12. The second-order valence-corrected chi connectivity index (χ2v) is 14.6. The SMILES string of the molecule is CCCC(=O)OCOC(=O)[C@H](C)NP(=O)(COC[C@H]1O[C@@H](n2ccc3c(NC4CCCC4)c(C#N)c(Cl)nc32)[C@H](O)[C@@H]1O)Oc1ccccc1. The number of para-hydroxylation sites is 1. The number of ether oxygens (including phenoxy) is 4. The van der Waals surface area contributed by atoms with Crippen molar-refractivity contribution in [2.75, 3.05) is 25.1 Å². The molecule has 3 heterocycles. The summed E-state index contributed by atoms with van der Waals surface area (Å²) in [6.45, 7) is 2.30. The fourth-order valence-corrected chi connectivity index (χ4v) is 7.80. The number of rotatable bonds is 16. The molecule has 1 aromatic carbocycles. The molecule has 15 nitrogen and oxygen atoms in total. The molecule has 0 spiro atoms. The number of aliphatic hydroxyl groups excluding tert-OH is 2. The molecule has 2 aliphatic rings. The summed E-state index contributed by atoms with van der Waals surface area (Å²) in [6.07, 6.45) is 0.931. The number of aromatic nitrogens is 2. The zero-order chi connectivity index (χ0) is 35.8. The number of hydrogen-bond donors (Lipinski definition) is 4. The van der Waals surface area contributed by atoms with Gasteiger partial charge in [-0.05, 0) is 44.4 Å². The molecule has 1 saturated heterocycles. The van der Waals surface area contributed by atoms with E-state index >= 15 is 0 Å². The summed E-state index contributed by atoms with van der Waals surface area (Å²) < 4.78 is 42.9. The lowest BCUT2D eigenvalue weighted by atomic mass is 10.1. The molecule has 0 radical (unpaired) electrons. The van der Waals surface area contributed by atoms with Crippen LogP contribution in [-0.2, 0) is 33.1 Å². The van der Waals surface area contributed by atoms with E-state index in [1.807, 2.05) is 0 Å². The van der Waals surface area contributed by atoms with Crippen LogP contribution in [0.15, 0.2) is 42.6 Å². The molecule has 0 bridgehead atoms. The van der Waals surface area contributed by atoms with Gasteiger partial charge in [-0.3, -0.25) is 14.2 Å². The number of nitrogens with zero attached hydrogens (tertiary/aromatic N) is 3. The van der Waals surface area contributed by atoms with Crippen molar-refractivity contribution in [1.29, 1.82) is 5.26 Å². The lowest BCUT2D eigenvalue weighted by Gasteiger charge is -2.24. The first-order valence-corrected chi connectivity index (χ1v) is 18.6. The molecule has 6 atom stereocenters. The van der Waals surface area contributed by atoms with Gasteiger partial charge in [-0.2, -0.15) is 5.26 Å². The van der Waals surface area contributed by atoms with Gasteiger partial charge < -0.3 is 43.6 Å². The summed E-state index contributed by atoms with van der Waals surface area (Å²) in [5.74, 6) is -1.13. The molecule has 4 N–H and O–H groups in total. The number of benzene rings is 1. The van der Waals surface area contributed by atoms with Crippen LogP contribution in [0.25, 0.3) is 11.0 Å². The topological polar surface area (TPSA) is 203 Å². The predicted molar refractivity (Wildman–Crippen MR) is 181 cm³/mol. The van der Waals surface area contributed by atoms with Crippen LogP contribution < -0.4 is 14.9 Å². The molecule has 5 rings (SSSR count). The number of carbonyl (C=O) groups excluding carboxylic acids is 2. The van der Waals surface area contributed by atoms with Crippen LogP contribution in [0.5, 0.6) is 5.75 Å². The van der Waals surface area contributed by atoms with Crippen LogP contribution in [0.4, 0.5) is 5.69 Å². The molecule has 270 valence electrons. The standard InChI is InChI=1S/C33H41ClN5O10P/c1-3-9-26(40)46-18-47-33(43)20(2)38-50(44,49-22-12-5-4-6-13-22)19-45-17-25-28(41)29(42)32(48-25)39-15-14-23-27(36-21-10-7-8-11-21)24(16-35)30(34)37-31(23)39/h4-6,12-15,20-21,25,28-29,32,41-42H,3,7-11,17-19H2,1-2H3,(H,36,37)(H,38,44)/t20-,25+,28+,29+,32+,50?/m0/s1. The molecule has 3 aromatic rings. The number of nitriles is 1. The maximum Gasteiger partial charge on any atom is 0.342 e. The number of carbonyl (C=O) groups is 2. The van der Waals surface area contributed by atoms with Crippen LogP contribution >= 0.6 is 19.1 Å². The van der Waals surface area contributed by atoms with Crippen LogP contribution in [0.1, 0.15) is 64.2 Å². The zero-order valence-corrected chi connectivity index (χ0v) is 29.3. The Morgan fingerprint density at radius 2 is 1.92 bits per heavy atom. The van der Waals surface area contributed by atoms with Crippen LogP contribution in [-0.4, -0.2) is 81.8 Å². The number of esters is 2. The second kappa shape index (κ2) is 17.0. The maximum absolute atomic E-state index is 14.0. The summed E-state index contributed by atoms with van der Waals surface area (Å²) in [4.78, 5) is 28.6. The van der Waals surface area contributed by atoms with E-state index in [9.17, 15) is 29.6 Å². The number of anilines is 1. The predicted octanol–water partition coefficient (Wildman–Crippen LogP) is 4.60. The third kappa shape index (κ3) is 8.94. The lowest BCUT2D eigenvalue weighted by molar-refractivity contribution is -0.168. The Bertz CT molecular complexity index is 1730. The van der Waals surface area contributed by atoms with Gasteiger partial charge in [0.15, 0.2) is 11.4 Å². The van der Waals surface area contributed by atoms with Gasteiger partial charge in [0.2, 0.25) is 6.79 Å². The summed E-state index contributed by atoms with van der Waals surface area (Å²) >= 11 is 6.44. The number of aliphatic hydroxyl groups is 2. The molecular weight excluding hydrogens is 693 g/mol. The molecule has 1 aliphatic heterocycles. The number of nitrogens with one attached hydrogen (secondary N) is 2. The van der Waals surface area contributed by atoms with Crippen LogP contribution in [0, 0.1) is 11.3 Å². The smallest absolute Gasteiger partial charge is 0.342 e. The number of fused-ring (bicyclic) bond motifs is 1. The zero-order valence-electron chi connectivity index (χ0n) is 27.7. The molecule has 2 fully saturated rings. The van der Waals surface area contributed by atoms with Crippen molar-refractivity contribution in [3.8, 4) is 11.8 Å². The van der Waals surface area contributed by atoms with Gasteiger partial charge in [-0.25, -0.2) is 10.1 Å². The highest BCUT2D eigenvalue weighted by atomic mass is 35.5. The van der Waals surface area contributed by atoms with E-state index in [0.29, 0.717) is 23.1 Å². The minimum atomic E-state index is -3.98. The Kier molecular flexibility index (Phi) is 12.7. The normalized spacial score (nSPS) is 22.5. The van der Waals surface area contributed by atoms with Crippen LogP contribution in [0.2, 0.25) is 5.15 Å². The third-order valence-corrected chi connectivity index (χ3v) is 10.5. The highest BCUT2D eigenvalue weighted by molar-refractivity contribution is 7.57. The van der Waals surface area contributed by atoms with Crippen molar-refractivity contribution >= 4 is 47.8 Å². The summed E-state index contributed by atoms with van der Waals surface area (Å²) in [6, 6.07) is 11.1. The van der Waals surface area contributed by atoms with Gasteiger partial charge in [0, 0.05) is 24.0 Å². The van der Waals surface area contributed by atoms with Crippen molar-refractivity contribution in [1.82, 2.24) is 14.6 Å². The van der Waals surface area contributed by atoms with E-state index in [2.05, 4.69) is 21.5 Å². The average molecular weight is 734 g/mol. The van der Waals surface area contributed by atoms with Crippen molar-refractivity contribution in [3.63, 3.8) is 0 Å². The van der Waals surface area contributed by atoms with Gasteiger partial charge in [-0.1, -0.05) is 49.6 Å². The molecule has 17 heteroatoms. The van der Waals surface area contributed by atoms with Gasteiger partial charge in [-0.15, -0.1) is 0 Å². The fraction of sp³-hybridized carbons (Fsp3) is 0.515. The second-order valence-electron chi connectivity index (χ2n) is 12.2. The highest BCUT2D eigenvalue weighted by Gasteiger charge is 2.45. The summed E-state index contributed by atoms with van der Waals surface area (Å²) in [7, 11) is -3.98. The minimum Gasteiger partial charge on any atom is -0.431 e. The summed E-state index contributed by atoms with van der Waals surface area (Å²) in [5, 5.41) is 38.5. The average Bonchev–Trinajstić information content (AvgIpc) is 3.82. The van der Waals surface area contributed by atoms with Crippen molar-refractivity contribution in [2.45, 2.75) is 89.0 Å². The van der Waals surface area contributed by atoms with Crippen molar-refractivity contribution in [2.24, 2.45) is 0 Å². The highest BCUT2D eigenvalue weighted by Crippen LogP contribution is 2.44. The van der Waals surface area contributed by atoms with Gasteiger partial charge in [0.1, 0.15) is 53.7 Å². The minimum absolute atomic E-state index is 0.00866. The third-order valence-electron chi connectivity index (χ3n) is 8.40. The van der Waals surface area contributed by atoms with E-state index in [4.69, 9.17) is 35.1 Å². The molecule has 2 aromatic heterocycles. The first kappa shape index (κ1) is 37.5. The molecular formula is C33H41ClN5O10P. The Labute approximate surface area is 294 Å². The number of pyridine rings is 1. The van der Waals surface area contributed by atoms with E-state index in [1.165, 1.54) is 11.5 Å². The lowest BCUT2D eigenvalue weighted by Crippen LogP contribution is -2.37. The maximum atomic E-state index is 14.0. The largest absolute Gasteiger partial charge is 0.431 e. The Morgan fingerprint density at radius 3 is 2.62 bits per heavy atom. The molecule has 1 aliphatic carbocycles. The quantitative estimate of drug-likeness (QED) is 0.0688. The van der Waals surface area contributed by atoms with Crippen molar-refractivity contribution in [3.05, 3.63) is 53.3 Å². The Hall–Kier alpha value is -3.74. The Balaban J connectivity index is 1.26. The number of halogens is 1.